The quantitative estimate of drug-likeness (QED) is 0.254. The van der Waals surface area contributed by atoms with Crippen LogP contribution in [0.2, 0.25) is 0 Å². The SMILES string of the molecule is CC(C)N(C)Cc1ccccc1CNC(=O)c1ccc(OS(=O)(=O)c2cccc([N+](=O)[O-])c2)cc1. The summed E-state index contributed by atoms with van der Waals surface area (Å²) < 4.78 is 30.0. The second-order valence-electron chi connectivity index (χ2n) is 8.28. The van der Waals surface area contributed by atoms with E-state index in [4.69, 9.17) is 4.18 Å². The Morgan fingerprint density at radius 3 is 2.31 bits per heavy atom. The van der Waals surface area contributed by atoms with Crippen LogP contribution in [0.15, 0.2) is 77.7 Å². The third kappa shape index (κ3) is 6.87. The zero-order valence-electron chi connectivity index (χ0n) is 19.7. The van der Waals surface area contributed by atoms with Crippen LogP contribution in [0.1, 0.15) is 35.3 Å². The highest BCUT2D eigenvalue weighted by Gasteiger charge is 2.20. The van der Waals surface area contributed by atoms with E-state index in [2.05, 4.69) is 24.1 Å². The second kappa shape index (κ2) is 11.1. The van der Waals surface area contributed by atoms with Gasteiger partial charge in [-0.15, -0.1) is 0 Å². The molecule has 1 amide bonds. The van der Waals surface area contributed by atoms with E-state index in [1.54, 1.807) is 0 Å². The van der Waals surface area contributed by atoms with E-state index in [0.29, 0.717) is 18.2 Å². The van der Waals surface area contributed by atoms with Gasteiger partial charge in [0.25, 0.3) is 11.6 Å². The Morgan fingerprint density at radius 1 is 1.03 bits per heavy atom. The molecule has 9 nitrogen and oxygen atoms in total. The lowest BCUT2D eigenvalue weighted by Crippen LogP contribution is -2.27. The molecule has 0 saturated carbocycles. The maximum atomic E-state index is 12.6. The minimum atomic E-state index is -4.28. The van der Waals surface area contributed by atoms with Crippen molar-refractivity contribution in [2.24, 2.45) is 0 Å². The fourth-order valence-electron chi connectivity index (χ4n) is 3.20. The highest BCUT2D eigenvalue weighted by molar-refractivity contribution is 7.87. The molecule has 0 radical (unpaired) electrons. The number of hydrogen-bond acceptors (Lipinski definition) is 7. The lowest BCUT2D eigenvalue weighted by molar-refractivity contribution is -0.385. The Balaban J connectivity index is 1.65. The molecule has 0 aliphatic carbocycles. The van der Waals surface area contributed by atoms with Gasteiger partial charge in [-0.05, 0) is 62.4 Å². The van der Waals surface area contributed by atoms with Crippen LogP contribution in [0.4, 0.5) is 5.69 Å². The van der Waals surface area contributed by atoms with Gasteiger partial charge in [0.2, 0.25) is 0 Å². The first kappa shape index (κ1) is 25.9. The van der Waals surface area contributed by atoms with E-state index in [-0.39, 0.29) is 22.2 Å². The van der Waals surface area contributed by atoms with Gasteiger partial charge in [-0.3, -0.25) is 19.8 Å². The molecular formula is C25H27N3O6S. The summed E-state index contributed by atoms with van der Waals surface area (Å²) in [7, 11) is -2.23. The first-order chi connectivity index (χ1) is 16.6. The normalized spacial score (nSPS) is 11.5. The lowest BCUT2D eigenvalue weighted by atomic mass is 10.1. The molecule has 0 unspecified atom stereocenters. The summed E-state index contributed by atoms with van der Waals surface area (Å²) in [5.74, 6) is -0.333. The Kier molecular flexibility index (Phi) is 8.21. The van der Waals surface area contributed by atoms with E-state index in [1.165, 1.54) is 42.5 Å². The summed E-state index contributed by atoms with van der Waals surface area (Å²) in [4.78, 5) is 24.7. The minimum Gasteiger partial charge on any atom is -0.379 e. The van der Waals surface area contributed by atoms with Crippen molar-refractivity contribution in [3.63, 3.8) is 0 Å². The van der Waals surface area contributed by atoms with Crippen LogP contribution in [0, 0.1) is 10.1 Å². The monoisotopic (exact) mass is 497 g/mol. The molecule has 0 saturated heterocycles. The van der Waals surface area contributed by atoms with Gasteiger partial charge < -0.3 is 9.50 Å². The predicted octanol–water partition coefficient (Wildman–Crippen LogP) is 4.13. The summed E-state index contributed by atoms with van der Waals surface area (Å²) in [6.45, 7) is 5.34. The number of nitro benzene ring substituents is 1. The van der Waals surface area contributed by atoms with Crippen LogP contribution in [-0.2, 0) is 23.2 Å². The molecule has 0 fully saturated rings. The fraction of sp³-hybridized carbons (Fsp3) is 0.240. The number of carbonyl (C=O) groups excluding carboxylic acids is 1. The third-order valence-electron chi connectivity index (χ3n) is 5.50. The second-order valence-corrected chi connectivity index (χ2v) is 9.82. The van der Waals surface area contributed by atoms with E-state index < -0.39 is 15.0 Å². The Bertz CT molecular complexity index is 1310. The molecule has 0 aliphatic rings. The third-order valence-corrected chi connectivity index (χ3v) is 6.74. The van der Waals surface area contributed by atoms with Crippen molar-refractivity contribution in [3.8, 4) is 5.75 Å². The summed E-state index contributed by atoms with van der Waals surface area (Å²) >= 11 is 0. The zero-order chi connectivity index (χ0) is 25.6. The van der Waals surface area contributed by atoms with Gasteiger partial charge >= 0.3 is 10.1 Å². The molecule has 3 aromatic rings. The number of nitro groups is 1. The Labute approximate surface area is 204 Å². The van der Waals surface area contributed by atoms with Crippen molar-refractivity contribution in [2.75, 3.05) is 7.05 Å². The predicted molar refractivity (Wildman–Crippen MR) is 132 cm³/mol. The maximum absolute atomic E-state index is 12.6. The molecule has 0 aromatic heterocycles. The van der Waals surface area contributed by atoms with Crippen molar-refractivity contribution in [1.29, 1.82) is 0 Å². The average Bonchev–Trinajstić information content (AvgIpc) is 2.83. The molecule has 0 spiro atoms. The van der Waals surface area contributed by atoms with Crippen LogP contribution in [0.25, 0.3) is 0 Å². The molecule has 0 bridgehead atoms. The Morgan fingerprint density at radius 2 is 1.69 bits per heavy atom. The van der Waals surface area contributed by atoms with Crippen molar-refractivity contribution in [2.45, 2.75) is 37.9 Å². The highest BCUT2D eigenvalue weighted by atomic mass is 32.2. The van der Waals surface area contributed by atoms with E-state index in [0.717, 1.165) is 23.7 Å². The van der Waals surface area contributed by atoms with Gasteiger partial charge in [-0.1, -0.05) is 30.3 Å². The number of hydrogen-bond donors (Lipinski definition) is 1. The van der Waals surface area contributed by atoms with Crippen molar-refractivity contribution < 1.29 is 22.3 Å². The molecule has 10 heteroatoms. The van der Waals surface area contributed by atoms with Gasteiger partial charge in [-0.25, -0.2) is 0 Å². The molecular weight excluding hydrogens is 470 g/mol. The number of nitrogens with one attached hydrogen (secondary N) is 1. The number of benzene rings is 3. The maximum Gasteiger partial charge on any atom is 0.339 e. The van der Waals surface area contributed by atoms with Gasteiger partial charge in [-0.2, -0.15) is 8.42 Å². The van der Waals surface area contributed by atoms with Crippen LogP contribution in [-0.4, -0.2) is 37.2 Å². The molecule has 1 N–H and O–H groups in total. The number of non-ortho nitro benzene ring substituents is 1. The number of carbonyl (C=O) groups is 1. The summed E-state index contributed by atoms with van der Waals surface area (Å²) in [5, 5.41) is 13.8. The molecule has 0 atom stereocenters. The van der Waals surface area contributed by atoms with Crippen LogP contribution in [0.5, 0.6) is 5.75 Å². The van der Waals surface area contributed by atoms with E-state index in [9.17, 15) is 23.3 Å². The topological polar surface area (TPSA) is 119 Å². The molecule has 35 heavy (non-hydrogen) atoms. The molecule has 3 aromatic carbocycles. The summed E-state index contributed by atoms with van der Waals surface area (Å²) in [6.07, 6.45) is 0. The van der Waals surface area contributed by atoms with Crippen LogP contribution >= 0.6 is 0 Å². The Hall–Kier alpha value is -3.76. The first-order valence-corrected chi connectivity index (χ1v) is 12.3. The highest BCUT2D eigenvalue weighted by Crippen LogP contribution is 2.22. The van der Waals surface area contributed by atoms with Crippen molar-refractivity contribution in [1.82, 2.24) is 10.2 Å². The number of nitrogens with zero attached hydrogens (tertiary/aromatic N) is 2. The van der Waals surface area contributed by atoms with E-state index >= 15 is 0 Å². The van der Waals surface area contributed by atoms with Gasteiger partial charge in [0.05, 0.1) is 4.92 Å². The molecule has 0 heterocycles. The van der Waals surface area contributed by atoms with Crippen molar-refractivity contribution in [3.05, 3.63) is 99.6 Å². The standard InChI is InChI=1S/C25H27N3O6S/c1-18(2)27(3)17-21-8-5-4-7-20(21)16-26-25(29)19-11-13-23(14-12-19)34-35(32,33)24-10-6-9-22(15-24)28(30)31/h4-15,18H,16-17H2,1-3H3,(H,26,29). The first-order valence-electron chi connectivity index (χ1n) is 10.9. The van der Waals surface area contributed by atoms with Crippen LogP contribution < -0.4 is 9.50 Å². The number of amides is 1. The summed E-state index contributed by atoms with van der Waals surface area (Å²) in [5.41, 5.74) is 2.11. The van der Waals surface area contributed by atoms with Gasteiger partial charge in [0.1, 0.15) is 10.6 Å². The summed E-state index contributed by atoms with van der Waals surface area (Å²) in [6, 6.07) is 18.5. The number of rotatable bonds is 10. The fourth-order valence-corrected chi connectivity index (χ4v) is 4.17. The lowest BCUT2D eigenvalue weighted by Gasteiger charge is -2.22. The molecule has 184 valence electrons. The smallest absolute Gasteiger partial charge is 0.339 e. The molecule has 0 aliphatic heterocycles. The largest absolute Gasteiger partial charge is 0.379 e. The van der Waals surface area contributed by atoms with Crippen LogP contribution in [0.3, 0.4) is 0 Å². The van der Waals surface area contributed by atoms with Gasteiger partial charge in [0, 0.05) is 36.8 Å². The molecule has 3 rings (SSSR count). The van der Waals surface area contributed by atoms with E-state index in [1.807, 2.05) is 31.3 Å². The zero-order valence-corrected chi connectivity index (χ0v) is 20.5. The minimum absolute atomic E-state index is 0.0184. The average molecular weight is 498 g/mol. The van der Waals surface area contributed by atoms with Gasteiger partial charge in [0.15, 0.2) is 0 Å². The van der Waals surface area contributed by atoms with Crippen molar-refractivity contribution >= 4 is 21.7 Å².